The van der Waals surface area contributed by atoms with E-state index in [1.54, 1.807) is 0 Å². The van der Waals surface area contributed by atoms with Crippen molar-refractivity contribution >= 4 is 17.7 Å². The van der Waals surface area contributed by atoms with E-state index in [2.05, 4.69) is 6.92 Å². The van der Waals surface area contributed by atoms with Crippen LogP contribution < -0.4 is 0 Å². The van der Waals surface area contributed by atoms with Crippen LogP contribution in [-0.4, -0.2) is 47.0 Å². The van der Waals surface area contributed by atoms with Gasteiger partial charge in [-0.25, -0.2) is 0 Å². The number of thioether (sulfide) groups is 1. The maximum atomic E-state index is 10.1. The molecule has 0 aliphatic rings. The van der Waals surface area contributed by atoms with Crippen molar-refractivity contribution < 1.29 is 19.7 Å². The third kappa shape index (κ3) is 9.83. The summed E-state index contributed by atoms with van der Waals surface area (Å²) in [5.74, 6) is -0.404. The predicted molar refractivity (Wildman–Crippen MR) is 56.7 cm³/mol. The molecular weight excluding hydrogens is 204 g/mol. The molecule has 0 saturated heterocycles. The number of carboxylic acids is 1. The normalized spacial score (nSPS) is 12.7. The smallest absolute Gasteiger partial charge is 0.313 e. The second-order valence-electron chi connectivity index (χ2n) is 2.99. The Balaban J connectivity index is 3.19. The molecular formula is C9H18O4S. The minimum absolute atomic E-state index is 0.0337. The molecule has 1 unspecified atom stereocenters. The van der Waals surface area contributed by atoms with Crippen molar-refractivity contribution in [2.75, 3.05) is 24.7 Å². The topological polar surface area (TPSA) is 66.8 Å². The minimum atomic E-state index is -0.853. The maximum absolute atomic E-state index is 10.1. The molecule has 0 aromatic heterocycles. The molecule has 84 valence electrons. The summed E-state index contributed by atoms with van der Waals surface area (Å²) in [4.78, 5) is 10.1. The predicted octanol–water partition coefficient (Wildman–Crippen LogP) is 0.982. The van der Waals surface area contributed by atoms with Gasteiger partial charge in [0.2, 0.25) is 0 Å². The summed E-state index contributed by atoms with van der Waals surface area (Å²) in [7, 11) is 0. The molecule has 4 nitrogen and oxygen atoms in total. The lowest BCUT2D eigenvalue weighted by Crippen LogP contribution is -2.19. The SMILES string of the molecule is CCCCOCC(O)CSCC(=O)O. The fourth-order valence-corrected chi connectivity index (χ4v) is 1.46. The lowest BCUT2D eigenvalue weighted by atomic mass is 10.3. The van der Waals surface area contributed by atoms with Crippen molar-refractivity contribution in [2.24, 2.45) is 0 Å². The first kappa shape index (κ1) is 13.7. The average molecular weight is 222 g/mol. The lowest BCUT2D eigenvalue weighted by Gasteiger charge is -2.09. The highest BCUT2D eigenvalue weighted by atomic mass is 32.2. The highest BCUT2D eigenvalue weighted by Gasteiger charge is 2.05. The molecule has 0 fully saturated rings. The van der Waals surface area contributed by atoms with Gasteiger partial charge < -0.3 is 14.9 Å². The van der Waals surface area contributed by atoms with E-state index in [-0.39, 0.29) is 5.75 Å². The van der Waals surface area contributed by atoms with E-state index in [1.807, 2.05) is 0 Å². The van der Waals surface area contributed by atoms with Gasteiger partial charge in [0, 0.05) is 12.4 Å². The number of ether oxygens (including phenoxy) is 1. The van der Waals surface area contributed by atoms with E-state index in [0.29, 0.717) is 19.0 Å². The summed E-state index contributed by atoms with van der Waals surface area (Å²) in [5, 5.41) is 17.7. The number of hydrogen-bond acceptors (Lipinski definition) is 4. The van der Waals surface area contributed by atoms with E-state index in [9.17, 15) is 9.90 Å². The van der Waals surface area contributed by atoms with Crippen molar-refractivity contribution in [1.82, 2.24) is 0 Å². The molecule has 0 spiro atoms. The van der Waals surface area contributed by atoms with E-state index in [4.69, 9.17) is 9.84 Å². The number of unbranched alkanes of at least 4 members (excludes halogenated alkanes) is 1. The molecule has 0 saturated carbocycles. The first-order valence-corrected chi connectivity index (χ1v) is 5.87. The van der Waals surface area contributed by atoms with Crippen LogP contribution in [0.2, 0.25) is 0 Å². The number of rotatable bonds is 9. The zero-order valence-electron chi connectivity index (χ0n) is 8.44. The Morgan fingerprint density at radius 1 is 1.57 bits per heavy atom. The maximum Gasteiger partial charge on any atom is 0.313 e. The number of carbonyl (C=O) groups is 1. The van der Waals surface area contributed by atoms with Gasteiger partial charge in [-0.05, 0) is 6.42 Å². The number of aliphatic carboxylic acids is 1. The second-order valence-corrected chi connectivity index (χ2v) is 4.02. The van der Waals surface area contributed by atoms with Gasteiger partial charge in [-0.1, -0.05) is 13.3 Å². The van der Waals surface area contributed by atoms with Crippen LogP contribution in [0.1, 0.15) is 19.8 Å². The summed E-state index contributed by atoms with van der Waals surface area (Å²) in [6.45, 7) is 3.03. The van der Waals surface area contributed by atoms with Gasteiger partial charge in [0.05, 0.1) is 18.5 Å². The Morgan fingerprint density at radius 3 is 2.86 bits per heavy atom. The third-order valence-corrected chi connectivity index (χ3v) is 2.56. The first-order chi connectivity index (χ1) is 6.66. The van der Waals surface area contributed by atoms with Gasteiger partial charge in [-0.3, -0.25) is 4.79 Å². The number of hydrogen-bond donors (Lipinski definition) is 2. The van der Waals surface area contributed by atoms with E-state index in [0.717, 1.165) is 12.8 Å². The van der Waals surface area contributed by atoms with Crippen LogP contribution in [-0.2, 0) is 9.53 Å². The van der Waals surface area contributed by atoms with Crippen molar-refractivity contribution in [3.63, 3.8) is 0 Å². The van der Waals surface area contributed by atoms with Crippen LogP contribution in [0.25, 0.3) is 0 Å². The van der Waals surface area contributed by atoms with Crippen LogP contribution in [0.5, 0.6) is 0 Å². The molecule has 0 aromatic carbocycles. The Morgan fingerprint density at radius 2 is 2.29 bits per heavy atom. The highest BCUT2D eigenvalue weighted by Crippen LogP contribution is 2.03. The zero-order chi connectivity index (χ0) is 10.8. The molecule has 0 aliphatic carbocycles. The van der Waals surface area contributed by atoms with Crippen molar-refractivity contribution in [3.05, 3.63) is 0 Å². The fourth-order valence-electron chi connectivity index (χ4n) is 0.796. The van der Waals surface area contributed by atoms with Crippen LogP contribution in [0.4, 0.5) is 0 Å². The summed E-state index contributed by atoms with van der Waals surface area (Å²) in [6.07, 6.45) is 1.51. The zero-order valence-corrected chi connectivity index (χ0v) is 9.26. The molecule has 1 atom stereocenters. The summed E-state index contributed by atoms with van der Waals surface area (Å²) in [6, 6.07) is 0. The van der Waals surface area contributed by atoms with Crippen LogP contribution in [0.3, 0.4) is 0 Å². The number of carboxylic acid groups (broad SMARTS) is 1. The minimum Gasteiger partial charge on any atom is -0.481 e. The Bertz CT molecular complexity index is 152. The molecule has 0 aliphatic heterocycles. The van der Waals surface area contributed by atoms with Crippen molar-refractivity contribution in [2.45, 2.75) is 25.9 Å². The van der Waals surface area contributed by atoms with E-state index in [1.165, 1.54) is 11.8 Å². The Kier molecular flexibility index (Phi) is 9.13. The van der Waals surface area contributed by atoms with Crippen molar-refractivity contribution in [3.8, 4) is 0 Å². The monoisotopic (exact) mass is 222 g/mol. The number of aliphatic hydroxyl groups excluding tert-OH is 1. The molecule has 0 rings (SSSR count). The molecule has 0 radical (unpaired) electrons. The molecule has 0 bridgehead atoms. The van der Waals surface area contributed by atoms with Gasteiger partial charge in [-0.15, -0.1) is 11.8 Å². The largest absolute Gasteiger partial charge is 0.481 e. The third-order valence-electron chi connectivity index (χ3n) is 1.49. The van der Waals surface area contributed by atoms with Gasteiger partial charge in [-0.2, -0.15) is 0 Å². The van der Waals surface area contributed by atoms with E-state index >= 15 is 0 Å². The fraction of sp³-hybridized carbons (Fsp3) is 0.889. The summed E-state index contributed by atoms with van der Waals surface area (Å²) < 4.78 is 5.18. The van der Waals surface area contributed by atoms with Gasteiger partial charge in [0.25, 0.3) is 0 Å². The Labute approximate surface area is 88.6 Å². The van der Waals surface area contributed by atoms with E-state index < -0.39 is 12.1 Å². The van der Waals surface area contributed by atoms with Crippen molar-refractivity contribution in [1.29, 1.82) is 0 Å². The molecule has 5 heteroatoms. The lowest BCUT2D eigenvalue weighted by molar-refractivity contribution is -0.133. The molecule has 0 heterocycles. The first-order valence-electron chi connectivity index (χ1n) is 4.72. The van der Waals surface area contributed by atoms with Crippen LogP contribution in [0.15, 0.2) is 0 Å². The Hall–Kier alpha value is -0.260. The molecule has 0 aromatic rings. The van der Waals surface area contributed by atoms with Crippen LogP contribution >= 0.6 is 11.8 Å². The average Bonchev–Trinajstić information content (AvgIpc) is 2.12. The standard InChI is InChI=1S/C9H18O4S/c1-2-3-4-13-5-8(10)6-14-7-9(11)12/h8,10H,2-7H2,1H3,(H,11,12). The van der Waals surface area contributed by atoms with Gasteiger partial charge in [0.15, 0.2) is 0 Å². The van der Waals surface area contributed by atoms with Gasteiger partial charge in [0.1, 0.15) is 0 Å². The molecule has 0 amide bonds. The molecule has 14 heavy (non-hydrogen) atoms. The second kappa shape index (κ2) is 9.30. The summed E-state index contributed by atoms with van der Waals surface area (Å²) in [5.41, 5.74) is 0. The molecule has 2 N–H and O–H groups in total. The van der Waals surface area contributed by atoms with Gasteiger partial charge >= 0.3 is 5.97 Å². The highest BCUT2D eigenvalue weighted by molar-refractivity contribution is 7.99. The quantitative estimate of drug-likeness (QED) is 0.569. The number of aliphatic hydroxyl groups is 1. The van der Waals surface area contributed by atoms with Crippen LogP contribution in [0, 0.1) is 0 Å². The summed E-state index contributed by atoms with van der Waals surface area (Å²) >= 11 is 1.20.